The zero-order valence-corrected chi connectivity index (χ0v) is 13.2. The largest absolute Gasteiger partial charge is 0.320 e. The van der Waals surface area contributed by atoms with Crippen molar-refractivity contribution in [3.05, 3.63) is 17.0 Å². The first-order valence-corrected chi connectivity index (χ1v) is 9.01. The van der Waals surface area contributed by atoms with Gasteiger partial charge in [-0.05, 0) is 57.8 Å². The zero-order valence-electron chi connectivity index (χ0n) is 11.6. The smallest absolute Gasteiger partial charge is 0.252 e. The molecular weight excluding hydrogens is 280 g/mol. The Morgan fingerprint density at radius 3 is 2.58 bits per heavy atom. The van der Waals surface area contributed by atoms with Crippen molar-refractivity contribution in [2.45, 2.75) is 30.4 Å². The predicted molar refractivity (Wildman–Crippen MR) is 79.1 cm³/mol. The van der Waals surface area contributed by atoms with E-state index in [-0.39, 0.29) is 0 Å². The summed E-state index contributed by atoms with van der Waals surface area (Å²) in [5.41, 5.74) is 0. The topological polar surface area (TPSA) is 49.4 Å². The van der Waals surface area contributed by atoms with Crippen molar-refractivity contribution in [1.82, 2.24) is 9.62 Å². The first-order chi connectivity index (χ1) is 9.04. The molecule has 1 aromatic heterocycles. The van der Waals surface area contributed by atoms with Crippen LogP contribution in [0.25, 0.3) is 0 Å². The molecule has 1 saturated heterocycles. The Bertz CT molecular complexity index is 502. The van der Waals surface area contributed by atoms with Crippen molar-refractivity contribution in [3.63, 3.8) is 0 Å². The van der Waals surface area contributed by atoms with E-state index in [0.717, 1.165) is 30.7 Å². The maximum Gasteiger partial charge on any atom is 0.252 e. The molecule has 0 radical (unpaired) electrons. The molecule has 1 aromatic rings. The minimum absolute atomic E-state index is 0.485. The number of piperidine rings is 1. The van der Waals surface area contributed by atoms with Crippen molar-refractivity contribution in [1.29, 1.82) is 0 Å². The highest BCUT2D eigenvalue weighted by molar-refractivity contribution is 7.91. The molecule has 4 nitrogen and oxygen atoms in total. The first kappa shape index (κ1) is 15.0. The molecule has 0 spiro atoms. The molecule has 1 aliphatic rings. The summed E-state index contributed by atoms with van der Waals surface area (Å²) in [5.74, 6) is 0.656. The van der Waals surface area contributed by atoms with E-state index in [1.54, 1.807) is 10.4 Å². The Kier molecular flexibility index (Phi) is 5.00. The summed E-state index contributed by atoms with van der Waals surface area (Å²) >= 11 is 1.36. The fraction of sp³-hybridized carbons (Fsp3) is 0.692. The van der Waals surface area contributed by atoms with Crippen LogP contribution in [0, 0.1) is 12.8 Å². The highest BCUT2D eigenvalue weighted by Gasteiger charge is 2.29. The van der Waals surface area contributed by atoms with E-state index in [0.29, 0.717) is 23.2 Å². The number of thiophene rings is 1. The maximum atomic E-state index is 12.4. The van der Waals surface area contributed by atoms with Crippen LogP contribution in [-0.4, -0.2) is 39.4 Å². The maximum absolute atomic E-state index is 12.4. The molecule has 19 heavy (non-hydrogen) atoms. The molecule has 2 heterocycles. The van der Waals surface area contributed by atoms with Gasteiger partial charge in [0.15, 0.2) is 0 Å². The normalized spacial score (nSPS) is 18.8. The molecule has 1 aliphatic heterocycles. The lowest BCUT2D eigenvalue weighted by Crippen LogP contribution is -2.38. The number of hydrogen-bond acceptors (Lipinski definition) is 4. The number of sulfonamides is 1. The Morgan fingerprint density at radius 2 is 2.05 bits per heavy atom. The molecule has 6 heteroatoms. The van der Waals surface area contributed by atoms with Crippen LogP contribution in [0.1, 0.15) is 24.1 Å². The lowest BCUT2D eigenvalue weighted by atomic mass is 9.95. The molecule has 2 rings (SSSR count). The summed E-state index contributed by atoms with van der Waals surface area (Å²) < 4.78 is 27.0. The van der Waals surface area contributed by atoms with Crippen LogP contribution in [0.15, 0.2) is 16.3 Å². The molecule has 1 N–H and O–H groups in total. The molecular formula is C13H22N2O2S2. The molecule has 0 bridgehead atoms. The van der Waals surface area contributed by atoms with E-state index >= 15 is 0 Å². The van der Waals surface area contributed by atoms with Gasteiger partial charge in [-0.1, -0.05) is 0 Å². The van der Waals surface area contributed by atoms with Gasteiger partial charge in [0.1, 0.15) is 4.21 Å². The number of rotatable bonds is 5. The van der Waals surface area contributed by atoms with E-state index in [1.807, 2.05) is 20.0 Å². The van der Waals surface area contributed by atoms with Crippen LogP contribution in [-0.2, 0) is 10.0 Å². The number of aryl methyl sites for hydroxylation is 1. The summed E-state index contributed by atoms with van der Waals surface area (Å²) in [5, 5.41) is 3.15. The Morgan fingerprint density at radius 1 is 1.37 bits per heavy atom. The van der Waals surface area contributed by atoms with Crippen molar-refractivity contribution in [2.75, 3.05) is 26.7 Å². The SMILES string of the molecule is CNCCC1CCN(S(=O)(=O)c2ccc(C)s2)CC1. The minimum atomic E-state index is -3.25. The second-order valence-corrected chi connectivity index (χ2v) is 8.56. The van der Waals surface area contributed by atoms with Gasteiger partial charge in [0, 0.05) is 18.0 Å². The van der Waals surface area contributed by atoms with Crippen LogP contribution in [0.3, 0.4) is 0 Å². The fourth-order valence-electron chi connectivity index (χ4n) is 2.46. The van der Waals surface area contributed by atoms with Crippen molar-refractivity contribution >= 4 is 21.4 Å². The molecule has 0 amide bonds. The molecule has 0 unspecified atom stereocenters. The van der Waals surface area contributed by atoms with Gasteiger partial charge >= 0.3 is 0 Å². The average Bonchev–Trinajstić information content (AvgIpc) is 2.84. The van der Waals surface area contributed by atoms with Crippen molar-refractivity contribution in [3.8, 4) is 0 Å². The highest BCUT2D eigenvalue weighted by Crippen LogP contribution is 2.28. The van der Waals surface area contributed by atoms with Gasteiger partial charge < -0.3 is 5.32 Å². The summed E-state index contributed by atoms with van der Waals surface area (Å²) in [6.45, 7) is 4.27. The van der Waals surface area contributed by atoms with E-state index in [1.165, 1.54) is 11.3 Å². The summed E-state index contributed by atoms with van der Waals surface area (Å²) in [7, 11) is -1.29. The highest BCUT2D eigenvalue weighted by atomic mass is 32.2. The fourth-order valence-corrected chi connectivity index (χ4v) is 5.37. The first-order valence-electron chi connectivity index (χ1n) is 6.75. The van der Waals surface area contributed by atoms with Gasteiger partial charge in [-0.15, -0.1) is 11.3 Å². The number of nitrogens with one attached hydrogen (secondary N) is 1. The molecule has 0 aliphatic carbocycles. The zero-order chi connectivity index (χ0) is 13.9. The van der Waals surface area contributed by atoms with Crippen molar-refractivity contribution < 1.29 is 8.42 Å². The minimum Gasteiger partial charge on any atom is -0.320 e. The molecule has 108 valence electrons. The van der Waals surface area contributed by atoms with Crippen molar-refractivity contribution in [2.24, 2.45) is 5.92 Å². The summed E-state index contributed by atoms with van der Waals surface area (Å²) in [6.07, 6.45) is 3.10. The third-order valence-corrected chi connectivity index (χ3v) is 7.05. The Labute approximate surface area is 119 Å². The van der Waals surface area contributed by atoms with Crippen LogP contribution in [0.5, 0.6) is 0 Å². The lowest BCUT2D eigenvalue weighted by Gasteiger charge is -2.30. The second kappa shape index (κ2) is 6.35. The lowest BCUT2D eigenvalue weighted by molar-refractivity contribution is 0.263. The van der Waals surface area contributed by atoms with Crippen LogP contribution >= 0.6 is 11.3 Å². The van der Waals surface area contributed by atoms with E-state index in [2.05, 4.69) is 5.32 Å². The van der Waals surface area contributed by atoms with Gasteiger partial charge in [-0.25, -0.2) is 8.42 Å². The number of hydrogen-bond donors (Lipinski definition) is 1. The monoisotopic (exact) mass is 302 g/mol. The van der Waals surface area contributed by atoms with Gasteiger partial charge in [0.2, 0.25) is 0 Å². The predicted octanol–water partition coefficient (Wildman–Crippen LogP) is 2.07. The standard InChI is InChI=1S/C13H22N2O2S2/c1-11-3-4-13(18-11)19(16,17)15-9-6-12(7-10-15)5-8-14-2/h3-4,12,14H,5-10H2,1-2H3. The molecule has 0 atom stereocenters. The van der Waals surface area contributed by atoms with Crippen LogP contribution in [0.2, 0.25) is 0 Å². The second-order valence-electron chi connectivity index (χ2n) is 5.10. The summed E-state index contributed by atoms with van der Waals surface area (Å²) in [4.78, 5) is 1.04. The third-order valence-electron chi connectivity index (χ3n) is 3.69. The average molecular weight is 302 g/mol. The molecule has 0 aromatic carbocycles. The van der Waals surface area contributed by atoms with Gasteiger partial charge in [-0.3, -0.25) is 0 Å². The third kappa shape index (κ3) is 3.56. The quantitative estimate of drug-likeness (QED) is 0.906. The van der Waals surface area contributed by atoms with E-state index < -0.39 is 10.0 Å². The number of nitrogens with zero attached hydrogens (tertiary/aromatic N) is 1. The van der Waals surface area contributed by atoms with Gasteiger partial charge in [0.05, 0.1) is 0 Å². The molecule has 0 saturated carbocycles. The summed E-state index contributed by atoms with van der Waals surface area (Å²) in [6, 6.07) is 3.60. The van der Waals surface area contributed by atoms with E-state index in [9.17, 15) is 8.42 Å². The van der Waals surface area contributed by atoms with Crippen LogP contribution < -0.4 is 5.32 Å². The van der Waals surface area contributed by atoms with Gasteiger partial charge in [-0.2, -0.15) is 4.31 Å². The van der Waals surface area contributed by atoms with E-state index in [4.69, 9.17) is 0 Å². The Hall–Kier alpha value is -0.430. The Balaban J connectivity index is 1.97. The van der Waals surface area contributed by atoms with Gasteiger partial charge in [0.25, 0.3) is 10.0 Å². The molecule has 1 fully saturated rings. The van der Waals surface area contributed by atoms with Crippen LogP contribution in [0.4, 0.5) is 0 Å².